The van der Waals surface area contributed by atoms with E-state index in [1.165, 1.54) is 5.56 Å². The van der Waals surface area contributed by atoms with Crippen molar-refractivity contribution >= 4 is 20.7 Å². The smallest absolute Gasteiger partial charge is 0.152 e. The molecule has 1 saturated heterocycles. The summed E-state index contributed by atoms with van der Waals surface area (Å²) in [4.78, 5) is 3.17. The Morgan fingerprint density at radius 2 is 1.87 bits per heavy atom. The zero-order valence-corrected chi connectivity index (χ0v) is 19.2. The third-order valence-corrected chi connectivity index (χ3v) is 8.08. The van der Waals surface area contributed by atoms with Crippen LogP contribution in [0.1, 0.15) is 37.5 Å². The lowest BCUT2D eigenvalue weighted by Gasteiger charge is -2.35. The summed E-state index contributed by atoms with van der Waals surface area (Å²) in [5.41, 5.74) is 4.48. The number of rotatable bonds is 5. The number of aromatic amines is 1. The van der Waals surface area contributed by atoms with Crippen molar-refractivity contribution < 1.29 is 13.5 Å². The molecule has 1 fully saturated rings. The minimum atomic E-state index is -3.23. The summed E-state index contributed by atoms with van der Waals surface area (Å²) in [5.74, 6) is -0.328. The number of nitrogens with one attached hydrogen (secondary N) is 2. The molecule has 1 aromatic heterocycles. The van der Waals surface area contributed by atoms with Gasteiger partial charge in [-0.15, -0.1) is 0 Å². The molecule has 3 aromatic rings. The fourth-order valence-corrected chi connectivity index (χ4v) is 6.45. The van der Waals surface area contributed by atoms with E-state index in [-0.39, 0.29) is 22.8 Å². The van der Waals surface area contributed by atoms with E-state index in [2.05, 4.69) is 49.3 Å². The standard InChI is InChI=1S/C25H32N2O3S/c1-25(2,3)21-6-4-5-18(13-21)14-27-23-16-31(29,30)15-20(24(23)28)12-17-7-8-22-19(11-17)9-10-26-22/h4-11,13,20,23-24,26-28H,12,14-16H2,1-3H3/t20-,23+,24+/m1/s1. The van der Waals surface area contributed by atoms with E-state index in [1.807, 2.05) is 36.5 Å². The lowest BCUT2D eigenvalue weighted by Crippen LogP contribution is -2.54. The summed E-state index contributed by atoms with van der Waals surface area (Å²) in [5, 5.41) is 15.4. The van der Waals surface area contributed by atoms with Gasteiger partial charge in [0.1, 0.15) is 0 Å². The summed E-state index contributed by atoms with van der Waals surface area (Å²) in [6, 6.07) is 15.9. The largest absolute Gasteiger partial charge is 0.391 e. The maximum Gasteiger partial charge on any atom is 0.152 e. The van der Waals surface area contributed by atoms with Gasteiger partial charge < -0.3 is 15.4 Å². The van der Waals surface area contributed by atoms with Crippen LogP contribution < -0.4 is 5.32 Å². The van der Waals surface area contributed by atoms with Crippen LogP contribution in [0.3, 0.4) is 0 Å². The second-order valence-corrected chi connectivity index (χ2v) is 12.0. The van der Waals surface area contributed by atoms with E-state index in [9.17, 15) is 13.5 Å². The van der Waals surface area contributed by atoms with Crippen LogP contribution >= 0.6 is 0 Å². The SMILES string of the molecule is CC(C)(C)c1cccc(CN[C@H]2CS(=O)(=O)C[C@@H](Cc3ccc4[nH]ccc4c3)[C@@H]2O)c1. The molecule has 3 N–H and O–H groups in total. The number of sulfone groups is 1. The summed E-state index contributed by atoms with van der Waals surface area (Å²) in [6.45, 7) is 7.05. The van der Waals surface area contributed by atoms with E-state index in [0.29, 0.717) is 13.0 Å². The van der Waals surface area contributed by atoms with E-state index >= 15 is 0 Å². The number of aliphatic hydroxyl groups is 1. The fourth-order valence-electron chi connectivity index (χ4n) is 4.48. The van der Waals surface area contributed by atoms with Gasteiger partial charge in [-0.05, 0) is 52.1 Å². The maximum absolute atomic E-state index is 12.6. The molecule has 0 aliphatic carbocycles. The first-order valence-corrected chi connectivity index (χ1v) is 12.7. The molecule has 166 valence electrons. The monoisotopic (exact) mass is 440 g/mol. The van der Waals surface area contributed by atoms with Crippen molar-refractivity contribution in [2.45, 2.75) is 51.3 Å². The molecular formula is C25H32N2O3S. The van der Waals surface area contributed by atoms with Crippen molar-refractivity contribution in [2.75, 3.05) is 11.5 Å². The Kier molecular flexibility index (Phi) is 5.99. The number of H-pyrrole nitrogens is 1. The highest BCUT2D eigenvalue weighted by molar-refractivity contribution is 7.91. The van der Waals surface area contributed by atoms with Gasteiger partial charge >= 0.3 is 0 Å². The average molecular weight is 441 g/mol. The van der Waals surface area contributed by atoms with Gasteiger partial charge in [0.15, 0.2) is 9.84 Å². The fraction of sp³-hybridized carbons (Fsp3) is 0.440. The van der Waals surface area contributed by atoms with E-state index in [0.717, 1.165) is 22.0 Å². The Labute approximate surface area is 184 Å². The molecule has 1 aliphatic rings. The number of hydrogen-bond acceptors (Lipinski definition) is 4. The van der Waals surface area contributed by atoms with Gasteiger partial charge in [0.2, 0.25) is 0 Å². The predicted molar refractivity (Wildman–Crippen MR) is 126 cm³/mol. The number of aromatic nitrogens is 1. The summed E-state index contributed by atoms with van der Waals surface area (Å²) >= 11 is 0. The number of benzene rings is 2. The van der Waals surface area contributed by atoms with Crippen molar-refractivity contribution in [3.8, 4) is 0 Å². The predicted octanol–water partition coefficient (Wildman–Crippen LogP) is 3.57. The van der Waals surface area contributed by atoms with Crippen LogP contribution in [0.5, 0.6) is 0 Å². The van der Waals surface area contributed by atoms with Gasteiger partial charge in [-0.1, -0.05) is 51.1 Å². The van der Waals surface area contributed by atoms with Crippen molar-refractivity contribution in [3.05, 3.63) is 71.4 Å². The molecule has 2 heterocycles. The van der Waals surface area contributed by atoms with Gasteiger partial charge in [-0.25, -0.2) is 8.42 Å². The van der Waals surface area contributed by atoms with Crippen LogP contribution in [-0.2, 0) is 28.2 Å². The highest BCUT2D eigenvalue weighted by atomic mass is 32.2. The topological polar surface area (TPSA) is 82.2 Å². The zero-order valence-electron chi connectivity index (χ0n) is 18.4. The molecule has 0 bridgehead atoms. The maximum atomic E-state index is 12.6. The molecule has 2 aromatic carbocycles. The zero-order chi connectivity index (χ0) is 22.2. The first-order valence-electron chi connectivity index (χ1n) is 10.9. The Balaban J connectivity index is 1.47. The Hall–Kier alpha value is -2.15. The van der Waals surface area contributed by atoms with Gasteiger partial charge in [0.25, 0.3) is 0 Å². The number of fused-ring (bicyclic) bond motifs is 1. The molecule has 4 rings (SSSR count). The number of aliphatic hydroxyl groups excluding tert-OH is 1. The van der Waals surface area contributed by atoms with Crippen LogP contribution in [0, 0.1) is 5.92 Å². The highest BCUT2D eigenvalue weighted by Crippen LogP contribution is 2.26. The third-order valence-electron chi connectivity index (χ3n) is 6.27. The van der Waals surface area contributed by atoms with E-state index in [1.54, 1.807) is 0 Å². The molecule has 1 aliphatic heterocycles. The van der Waals surface area contributed by atoms with Crippen LogP contribution in [0.15, 0.2) is 54.7 Å². The Morgan fingerprint density at radius 3 is 2.65 bits per heavy atom. The summed E-state index contributed by atoms with van der Waals surface area (Å²) in [6.07, 6.45) is 1.72. The Bertz CT molecular complexity index is 1160. The van der Waals surface area contributed by atoms with Crippen molar-refractivity contribution in [3.63, 3.8) is 0 Å². The lowest BCUT2D eigenvalue weighted by atomic mass is 9.86. The van der Waals surface area contributed by atoms with Crippen LogP contribution in [0.2, 0.25) is 0 Å². The summed E-state index contributed by atoms with van der Waals surface area (Å²) < 4.78 is 25.2. The molecule has 0 radical (unpaired) electrons. The molecule has 6 heteroatoms. The molecule has 31 heavy (non-hydrogen) atoms. The molecular weight excluding hydrogens is 408 g/mol. The van der Waals surface area contributed by atoms with Crippen LogP contribution in [0.4, 0.5) is 0 Å². The number of hydrogen-bond donors (Lipinski definition) is 3. The van der Waals surface area contributed by atoms with Crippen LogP contribution in [-0.4, -0.2) is 42.2 Å². The summed E-state index contributed by atoms with van der Waals surface area (Å²) in [7, 11) is -3.23. The first kappa shape index (κ1) is 22.1. The molecule has 5 nitrogen and oxygen atoms in total. The minimum Gasteiger partial charge on any atom is -0.391 e. The highest BCUT2D eigenvalue weighted by Gasteiger charge is 2.39. The van der Waals surface area contributed by atoms with Gasteiger partial charge in [0.05, 0.1) is 17.6 Å². The molecule has 0 saturated carbocycles. The average Bonchev–Trinajstić information content (AvgIpc) is 3.16. The van der Waals surface area contributed by atoms with Gasteiger partial charge in [-0.2, -0.15) is 0 Å². The molecule has 0 spiro atoms. The lowest BCUT2D eigenvalue weighted by molar-refractivity contribution is 0.0781. The minimum absolute atomic E-state index is 0.0248. The molecule has 3 atom stereocenters. The quantitative estimate of drug-likeness (QED) is 0.566. The van der Waals surface area contributed by atoms with Crippen molar-refractivity contribution in [1.82, 2.24) is 10.3 Å². The normalized spacial score (nSPS) is 23.8. The third kappa shape index (κ3) is 5.20. The van der Waals surface area contributed by atoms with Crippen LogP contribution in [0.25, 0.3) is 10.9 Å². The van der Waals surface area contributed by atoms with Crippen molar-refractivity contribution in [1.29, 1.82) is 0 Å². The Morgan fingerprint density at radius 1 is 1.06 bits per heavy atom. The first-order chi connectivity index (χ1) is 14.6. The molecule has 0 amide bonds. The van der Waals surface area contributed by atoms with Crippen molar-refractivity contribution in [2.24, 2.45) is 5.92 Å². The van der Waals surface area contributed by atoms with Gasteiger partial charge in [0, 0.05) is 30.2 Å². The molecule has 0 unspecified atom stereocenters. The second-order valence-electron chi connectivity index (χ2n) is 9.87. The van der Waals surface area contributed by atoms with Gasteiger partial charge in [-0.3, -0.25) is 0 Å². The van der Waals surface area contributed by atoms with E-state index in [4.69, 9.17) is 0 Å². The van der Waals surface area contributed by atoms with E-state index < -0.39 is 22.0 Å². The second kappa shape index (κ2) is 8.41.